The van der Waals surface area contributed by atoms with Gasteiger partial charge in [-0.1, -0.05) is 25.5 Å². The van der Waals surface area contributed by atoms with Gasteiger partial charge in [-0.25, -0.2) is 4.79 Å². The molecular formula is C33H36F3N5O4. The zero-order valence-electron chi connectivity index (χ0n) is 25.6. The number of Topliss-reactive ketones (excluding diaryl/α,β-unsaturated/α-hetero) is 1. The van der Waals surface area contributed by atoms with Gasteiger partial charge in [-0.15, -0.1) is 10.2 Å². The van der Waals surface area contributed by atoms with Gasteiger partial charge in [0.15, 0.2) is 0 Å². The van der Waals surface area contributed by atoms with Gasteiger partial charge in [0.25, 0.3) is 5.91 Å². The summed E-state index contributed by atoms with van der Waals surface area (Å²) in [5, 5.41) is 8.22. The summed E-state index contributed by atoms with van der Waals surface area (Å²) in [7, 11) is 1.79. The fourth-order valence-corrected chi connectivity index (χ4v) is 6.82. The molecular weight excluding hydrogens is 587 g/mol. The minimum atomic E-state index is -4.72. The number of aromatic nitrogens is 3. The van der Waals surface area contributed by atoms with Crippen LogP contribution in [0.5, 0.6) is 0 Å². The molecule has 2 fully saturated rings. The second-order valence-electron chi connectivity index (χ2n) is 12.8. The number of hydrogen-bond acceptors (Lipinski definition) is 6. The second kappa shape index (κ2) is 11.3. The maximum atomic E-state index is 14.5. The van der Waals surface area contributed by atoms with Crippen LogP contribution in [0.3, 0.4) is 0 Å². The molecule has 0 saturated heterocycles. The number of aryl methyl sites for hydroxylation is 1. The van der Waals surface area contributed by atoms with E-state index >= 15 is 0 Å². The van der Waals surface area contributed by atoms with Crippen molar-refractivity contribution in [3.05, 3.63) is 76.4 Å². The van der Waals surface area contributed by atoms with Gasteiger partial charge in [0.05, 0.1) is 24.1 Å². The highest BCUT2D eigenvalue weighted by Crippen LogP contribution is 2.47. The number of nitrogens with zero attached hydrogens (tertiary/aromatic N) is 5. The summed E-state index contributed by atoms with van der Waals surface area (Å²) in [6.45, 7) is 3.76. The Morgan fingerprint density at radius 3 is 2.49 bits per heavy atom. The van der Waals surface area contributed by atoms with Crippen LogP contribution < -0.4 is 4.90 Å². The molecule has 0 unspecified atom stereocenters. The third-order valence-corrected chi connectivity index (χ3v) is 9.62. The smallest absolute Gasteiger partial charge is 0.416 e. The number of amides is 2. The van der Waals surface area contributed by atoms with Gasteiger partial charge in [-0.2, -0.15) is 13.2 Å². The van der Waals surface area contributed by atoms with Crippen molar-refractivity contribution in [2.24, 2.45) is 7.05 Å². The third-order valence-electron chi connectivity index (χ3n) is 9.62. The largest absolute Gasteiger partial charge is 0.449 e. The summed E-state index contributed by atoms with van der Waals surface area (Å²) in [4.78, 5) is 42.0. The Hall–Kier alpha value is -4.22. The summed E-state index contributed by atoms with van der Waals surface area (Å²) >= 11 is 0. The summed E-state index contributed by atoms with van der Waals surface area (Å²) in [5.74, 6) is 0.116. The number of hydrogen-bond donors (Lipinski definition) is 0. The van der Waals surface area contributed by atoms with Gasteiger partial charge >= 0.3 is 12.3 Å². The van der Waals surface area contributed by atoms with Crippen molar-refractivity contribution in [2.45, 2.75) is 89.0 Å². The maximum absolute atomic E-state index is 14.5. The van der Waals surface area contributed by atoms with Crippen LogP contribution in [0.1, 0.15) is 97.2 Å². The Morgan fingerprint density at radius 2 is 1.89 bits per heavy atom. The van der Waals surface area contributed by atoms with Gasteiger partial charge < -0.3 is 14.2 Å². The number of rotatable bonds is 9. The number of halogens is 3. The van der Waals surface area contributed by atoms with Gasteiger partial charge in [0, 0.05) is 43.2 Å². The molecule has 6 rings (SSSR count). The van der Waals surface area contributed by atoms with Crippen molar-refractivity contribution >= 4 is 23.5 Å². The van der Waals surface area contributed by atoms with Gasteiger partial charge in [0.2, 0.25) is 0 Å². The molecule has 2 heterocycles. The lowest BCUT2D eigenvalue weighted by atomic mass is 9.63. The average molecular weight is 624 g/mol. The van der Waals surface area contributed by atoms with Crippen molar-refractivity contribution in [2.75, 3.05) is 11.5 Å². The van der Waals surface area contributed by atoms with Crippen LogP contribution in [-0.2, 0) is 41.3 Å². The molecule has 0 spiro atoms. The predicted octanol–water partition coefficient (Wildman–Crippen LogP) is 6.32. The minimum Gasteiger partial charge on any atom is -0.449 e. The van der Waals surface area contributed by atoms with Crippen LogP contribution in [0.4, 0.5) is 23.7 Å². The molecule has 12 heteroatoms. The number of alkyl halides is 3. The third kappa shape index (κ3) is 5.37. The quantitative estimate of drug-likeness (QED) is 0.259. The van der Waals surface area contributed by atoms with Crippen molar-refractivity contribution in [1.82, 2.24) is 19.7 Å². The number of anilines is 1. The van der Waals surface area contributed by atoms with Gasteiger partial charge in [-0.05, 0) is 73.6 Å². The van der Waals surface area contributed by atoms with E-state index in [4.69, 9.17) is 4.74 Å². The van der Waals surface area contributed by atoms with Crippen LogP contribution in [0.25, 0.3) is 0 Å². The summed E-state index contributed by atoms with van der Waals surface area (Å²) in [6.07, 6.45) is 0.589. The van der Waals surface area contributed by atoms with E-state index in [1.807, 2.05) is 19.9 Å². The fourth-order valence-electron chi connectivity index (χ4n) is 6.82. The lowest BCUT2D eigenvalue weighted by molar-refractivity contribution is -0.138. The van der Waals surface area contributed by atoms with E-state index in [1.165, 1.54) is 15.9 Å². The monoisotopic (exact) mass is 623 g/mol. The number of benzene rings is 2. The minimum absolute atomic E-state index is 0.0369. The highest BCUT2D eigenvalue weighted by atomic mass is 19.4. The van der Waals surface area contributed by atoms with E-state index in [1.54, 1.807) is 36.1 Å². The zero-order chi connectivity index (χ0) is 32.1. The van der Waals surface area contributed by atoms with E-state index in [9.17, 15) is 27.6 Å². The van der Waals surface area contributed by atoms with Crippen LogP contribution >= 0.6 is 0 Å². The topological polar surface area (TPSA) is 97.6 Å². The SMILES string of the molecule is CCCCOC(=O)N(Cc1cc2c(c(C(F)(F)F)c1)CN(c1cccc(C3(c4nncn4C)CC(=O)C3)c1)C2=O)C1(C)CCC1. The summed E-state index contributed by atoms with van der Waals surface area (Å²) < 4.78 is 50.8. The summed E-state index contributed by atoms with van der Waals surface area (Å²) in [6, 6.07) is 9.55. The van der Waals surface area contributed by atoms with E-state index in [-0.39, 0.29) is 55.0 Å². The van der Waals surface area contributed by atoms with E-state index in [2.05, 4.69) is 10.2 Å². The molecule has 2 aromatic carbocycles. The molecule has 0 N–H and O–H groups in total. The number of carbonyl (C=O) groups is 3. The molecule has 238 valence electrons. The molecule has 1 aromatic heterocycles. The Kier molecular flexibility index (Phi) is 7.73. The fraction of sp³-hybridized carbons (Fsp3) is 0.485. The Morgan fingerprint density at radius 1 is 1.13 bits per heavy atom. The standard InChI is InChI=1S/C33H36F3N5O4/c1-4-5-12-45-30(44)41(31(2)10-7-11-31)18-21-13-25-26(27(14-21)33(34,35)36)19-40(28(25)43)23-9-6-8-22(15-23)32(16-24(42)17-32)29-38-37-20-39(29)3/h6,8-9,13-15,20H,4-5,7,10-12,16-19H2,1-3H3. The van der Waals surface area contributed by atoms with Crippen molar-refractivity contribution in [3.8, 4) is 0 Å². The highest BCUT2D eigenvalue weighted by Gasteiger charge is 2.50. The molecule has 2 aliphatic carbocycles. The molecule has 1 aliphatic heterocycles. The lowest BCUT2D eigenvalue weighted by Crippen LogP contribution is -2.53. The van der Waals surface area contributed by atoms with Gasteiger partial charge in [-0.3, -0.25) is 14.5 Å². The van der Waals surface area contributed by atoms with Crippen LogP contribution in [0.2, 0.25) is 0 Å². The number of unbranched alkanes of at least 4 members (excludes halogenated alkanes) is 1. The normalized spacial score (nSPS) is 18.3. The predicted molar refractivity (Wildman–Crippen MR) is 158 cm³/mol. The molecule has 0 bridgehead atoms. The van der Waals surface area contributed by atoms with E-state index < -0.39 is 34.7 Å². The van der Waals surface area contributed by atoms with Crippen molar-refractivity contribution in [3.63, 3.8) is 0 Å². The zero-order valence-corrected chi connectivity index (χ0v) is 25.6. The molecule has 0 radical (unpaired) electrons. The van der Waals surface area contributed by atoms with Crippen LogP contribution in [0.15, 0.2) is 42.7 Å². The molecule has 3 aliphatic rings. The van der Waals surface area contributed by atoms with E-state index in [0.717, 1.165) is 37.3 Å². The van der Waals surface area contributed by atoms with Crippen molar-refractivity contribution < 1.29 is 32.3 Å². The number of fused-ring (bicyclic) bond motifs is 1. The van der Waals surface area contributed by atoms with Crippen LogP contribution in [-0.4, -0.2) is 49.6 Å². The average Bonchev–Trinajstić information content (AvgIpc) is 3.55. The second-order valence-corrected chi connectivity index (χ2v) is 12.8. The lowest BCUT2D eigenvalue weighted by Gasteiger charge is -2.47. The molecule has 3 aromatic rings. The molecule has 0 atom stereocenters. The highest BCUT2D eigenvalue weighted by molar-refractivity contribution is 6.10. The van der Waals surface area contributed by atoms with Crippen molar-refractivity contribution in [1.29, 1.82) is 0 Å². The summed E-state index contributed by atoms with van der Waals surface area (Å²) in [5.41, 5.74) is -0.903. The Balaban J connectivity index is 1.34. The molecule has 2 amide bonds. The first-order valence-electron chi connectivity index (χ1n) is 15.3. The first-order valence-corrected chi connectivity index (χ1v) is 15.3. The maximum Gasteiger partial charge on any atom is 0.416 e. The van der Waals surface area contributed by atoms with Gasteiger partial charge in [0.1, 0.15) is 17.9 Å². The first-order chi connectivity index (χ1) is 21.4. The van der Waals surface area contributed by atoms with E-state index in [0.29, 0.717) is 17.9 Å². The Labute approximate surface area is 259 Å². The van der Waals surface area contributed by atoms with Crippen LogP contribution in [0, 0.1) is 0 Å². The molecule has 2 saturated carbocycles. The molecule has 45 heavy (non-hydrogen) atoms. The molecule has 9 nitrogen and oxygen atoms in total. The number of ketones is 1. The first kappa shape index (κ1) is 30.8. The Bertz CT molecular complexity index is 1650. The number of ether oxygens (including phenoxy) is 1. The number of carbonyl (C=O) groups excluding carboxylic acids is 3.